The second-order valence-corrected chi connectivity index (χ2v) is 11.1. The quantitative estimate of drug-likeness (QED) is 0.369. The summed E-state index contributed by atoms with van der Waals surface area (Å²) in [4.78, 5) is 27.1. The van der Waals surface area contributed by atoms with E-state index in [4.69, 9.17) is 4.74 Å². The smallest absolute Gasteiger partial charge is 0.341 e. The molecule has 0 bridgehead atoms. The van der Waals surface area contributed by atoms with Gasteiger partial charge in [0.2, 0.25) is 11.1 Å². The molecule has 1 amide bonds. The summed E-state index contributed by atoms with van der Waals surface area (Å²) in [6, 6.07) is 6.04. The molecular weight excluding hydrogens is 470 g/mol. The summed E-state index contributed by atoms with van der Waals surface area (Å²) in [6.07, 6.45) is 2.76. The topological polar surface area (TPSA) is 99.0 Å². The Morgan fingerprint density at radius 2 is 2.15 bits per heavy atom. The molecular formula is C24H29N5O3S2. The number of aromatic nitrogens is 4. The molecule has 10 heteroatoms. The van der Waals surface area contributed by atoms with E-state index in [-0.39, 0.29) is 11.9 Å². The highest BCUT2D eigenvalue weighted by Gasteiger charge is 2.30. The van der Waals surface area contributed by atoms with Crippen LogP contribution in [0.4, 0.5) is 5.00 Å². The van der Waals surface area contributed by atoms with Gasteiger partial charge in [0.25, 0.3) is 0 Å². The molecule has 2 heterocycles. The molecule has 2 aromatic heterocycles. The fourth-order valence-electron chi connectivity index (χ4n) is 4.13. The zero-order valence-electron chi connectivity index (χ0n) is 20.0. The van der Waals surface area contributed by atoms with E-state index in [0.717, 1.165) is 46.5 Å². The first-order valence-corrected chi connectivity index (χ1v) is 13.1. The van der Waals surface area contributed by atoms with Crippen LogP contribution in [0.3, 0.4) is 0 Å². The highest BCUT2D eigenvalue weighted by molar-refractivity contribution is 8.00. The third kappa shape index (κ3) is 5.02. The Hall–Kier alpha value is -2.72. The molecule has 0 saturated heterocycles. The van der Waals surface area contributed by atoms with Crippen LogP contribution < -0.4 is 5.32 Å². The van der Waals surface area contributed by atoms with Gasteiger partial charge < -0.3 is 10.1 Å². The molecule has 180 valence electrons. The van der Waals surface area contributed by atoms with E-state index in [1.165, 1.54) is 23.1 Å². The van der Waals surface area contributed by atoms with Gasteiger partial charge in [-0.1, -0.05) is 36.4 Å². The number of carbonyl (C=O) groups is 2. The van der Waals surface area contributed by atoms with Crippen molar-refractivity contribution in [2.75, 3.05) is 11.9 Å². The first kappa shape index (κ1) is 24.4. The summed E-state index contributed by atoms with van der Waals surface area (Å²) < 4.78 is 6.96. The van der Waals surface area contributed by atoms with Crippen molar-refractivity contribution in [2.45, 2.75) is 64.3 Å². The van der Waals surface area contributed by atoms with Crippen molar-refractivity contribution < 1.29 is 14.3 Å². The highest BCUT2D eigenvalue weighted by Crippen LogP contribution is 2.40. The molecule has 1 aromatic carbocycles. The number of nitrogens with one attached hydrogen (secondary N) is 1. The molecule has 0 aliphatic heterocycles. The fourth-order valence-corrected chi connectivity index (χ4v) is 6.33. The second-order valence-electron chi connectivity index (χ2n) is 8.69. The number of nitrogens with zero attached hydrogens (tertiary/aromatic N) is 4. The van der Waals surface area contributed by atoms with Crippen molar-refractivity contribution in [3.8, 4) is 5.69 Å². The van der Waals surface area contributed by atoms with Crippen LogP contribution >= 0.6 is 23.1 Å². The zero-order chi connectivity index (χ0) is 24.4. The summed E-state index contributed by atoms with van der Waals surface area (Å²) in [7, 11) is 0. The lowest BCUT2D eigenvalue weighted by molar-refractivity contribution is -0.115. The minimum atomic E-state index is -0.483. The number of rotatable bonds is 7. The molecule has 2 unspecified atom stereocenters. The van der Waals surface area contributed by atoms with Gasteiger partial charge in [0, 0.05) is 4.88 Å². The van der Waals surface area contributed by atoms with Crippen LogP contribution in [0.1, 0.15) is 59.1 Å². The number of thiophene rings is 1. The summed E-state index contributed by atoms with van der Waals surface area (Å²) in [6.45, 7) is 10.1. The van der Waals surface area contributed by atoms with Gasteiger partial charge in [-0.05, 0) is 80.5 Å². The van der Waals surface area contributed by atoms with Crippen LogP contribution in [0.5, 0.6) is 0 Å². The Morgan fingerprint density at radius 3 is 2.88 bits per heavy atom. The first-order chi connectivity index (χ1) is 16.3. The number of hydrogen-bond acceptors (Lipinski definition) is 8. The SMILES string of the molecule is CCOC(=O)c1c(NC(=O)C(C)Sc2nnnn2-c2ccc(C)cc2C)sc2c1CCC(C)C2. The normalized spacial score (nSPS) is 16.1. The Balaban J connectivity index is 1.54. The van der Waals surface area contributed by atoms with Crippen molar-refractivity contribution in [3.05, 3.63) is 45.3 Å². The molecule has 1 aliphatic carbocycles. The lowest BCUT2D eigenvalue weighted by Crippen LogP contribution is -2.24. The van der Waals surface area contributed by atoms with Crippen LogP contribution in [0, 0.1) is 19.8 Å². The number of tetrazole rings is 1. The molecule has 34 heavy (non-hydrogen) atoms. The number of aryl methyl sites for hydroxylation is 2. The van der Waals surface area contributed by atoms with Gasteiger partial charge in [-0.3, -0.25) is 4.79 Å². The molecule has 0 fully saturated rings. The summed E-state index contributed by atoms with van der Waals surface area (Å²) in [5, 5.41) is 15.7. The van der Waals surface area contributed by atoms with E-state index in [1.807, 2.05) is 26.0 Å². The number of amides is 1. The molecule has 1 aliphatic rings. The maximum absolute atomic E-state index is 13.2. The standard InChI is InChI=1S/C24H29N5O3S2/c1-6-32-23(31)20-17-9-7-14(3)12-19(17)34-22(20)25-21(30)16(5)33-24-26-27-28-29(24)18-10-8-13(2)11-15(18)4/h8,10-11,14,16H,6-7,9,12H2,1-5H3,(H,25,30). The maximum atomic E-state index is 13.2. The third-order valence-electron chi connectivity index (χ3n) is 5.90. The maximum Gasteiger partial charge on any atom is 0.341 e. The number of thioether (sulfide) groups is 1. The van der Waals surface area contributed by atoms with E-state index in [1.54, 1.807) is 18.5 Å². The Kier molecular flexibility index (Phi) is 7.37. The van der Waals surface area contributed by atoms with Gasteiger partial charge in [-0.25, -0.2) is 4.79 Å². The Morgan fingerprint density at radius 1 is 1.35 bits per heavy atom. The van der Waals surface area contributed by atoms with Gasteiger partial charge in [0.15, 0.2) is 0 Å². The average Bonchev–Trinajstić information content (AvgIpc) is 3.37. The van der Waals surface area contributed by atoms with E-state index in [9.17, 15) is 9.59 Å². The van der Waals surface area contributed by atoms with Crippen molar-refractivity contribution in [2.24, 2.45) is 5.92 Å². The Bertz CT molecular complexity index is 1220. The van der Waals surface area contributed by atoms with Crippen molar-refractivity contribution in [3.63, 3.8) is 0 Å². The van der Waals surface area contributed by atoms with Crippen molar-refractivity contribution in [1.82, 2.24) is 20.2 Å². The van der Waals surface area contributed by atoms with Crippen LogP contribution in [0.25, 0.3) is 5.69 Å². The first-order valence-electron chi connectivity index (χ1n) is 11.4. The minimum absolute atomic E-state index is 0.211. The lowest BCUT2D eigenvalue weighted by Gasteiger charge is -2.18. The monoisotopic (exact) mass is 499 g/mol. The minimum Gasteiger partial charge on any atom is -0.462 e. The molecule has 3 aromatic rings. The zero-order valence-corrected chi connectivity index (χ0v) is 21.7. The number of benzene rings is 1. The van der Waals surface area contributed by atoms with Gasteiger partial charge >= 0.3 is 5.97 Å². The number of ether oxygens (including phenoxy) is 1. The van der Waals surface area contributed by atoms with E-state index >= 15 is 0 Å². The number of esters is 1. The molecule has 1 N–H and O–H groups in total. The molecule has 0 radical (unpaired) electrons. The van der Waals surface area contributed by atoms with Crippen LogP contribution in [-0.4, -0.2) is 43.9 Å². The predicted octanol–water partition coefficient (Wildman–Crippen LogP) is 4.76. The summed E-state index contributed by atoms with van der Waals surface area (Å²) in [5.41, 5.74) is 4.61. The third-order valence-corrected chi connectivity index (χ3v) is 8.10. The predicted molar refractivity (Wildman–Crippen MR) is 134 cm³/mol. The molecule has 2 atom stereocenters. The molecule has 4 rings (SSSR count). The van der Waals surface area contributed by atoms with Gasteiger partial charge in [-0.15, -0.1) is 16.4 Å². The van der Waals surface area contributed by atoms with Crippen LogP contribution in [-0.2, 0) is 22.4 Å². The number of hydrogen-bond donors (Lipinski definition) is 1. The molecule has 8 nitrogen and oxygen atoms in total. The number of anilines is 1. The van der Waals surface area contributed by atoms with Gasteiger partial charge in [0.1, 0.15) is 5.00 Å². The highest BCUT2D eigenvalue weighted by atomic mass is 32.2. The summed E-state index contributed by atoms with van der Waals surface area (Å²) >= 11 is 2.76. The fraction of sp³-hybridized carbons (Fsp3) is 0.458. The van der Waals surface area contributed by atoms with Gasteiger partial charge in [-0.2, -0.15) is 4.68 Å². The Labute approximate surface area is 207 Å². The second kappa shape index (κ2) is 10.3. The van der Waals surface area contributed by atoms with Crippen LogP contribution in [0.15, 0.2) is 23.4 Å². The van der Waals surface area contributed by atoms with E-state index in [0.29, 0.717) is 28.2 Å². The van der Waals surface area contributed by atoms with Crippen LogP contribution in [0.2, 0.25) is 0 Å². The van der Waals surface area contributed by atoms with Crippen molar-refractivity contribution in [1.29, 1.82) is 0 Å². The van der Waals surface area contributed by atoms with Crippen molar-refractivity contribution >= 4 is 40.0 Å². The summed E-state index contributed by atoms with van der Waals surface area (Å²) in [5.74, 6) is -0.0235. The average molecular weight is 500 g/mol. The molecule has 0 spiro atoms. The largest absolute Gasteiger partial charge is 0.462 e. The van der Waals surface area contributed by atoms with E-state index < -0.39 is 5.25 Å². The van der Waals surface area contributed by atoms with Gasteiger partial charge in [0.05, 0.1) is 23.1 Å². The molecule has 0 saturated carbocycles. The lowest BCUT2D eigenvalue weighted by atomic mass is 9.88. The number of fused-ring (bicyclic) bond motifs is 1. The van der Waals surface area contributed by atoms with E-state index in [2.05, 4.69) is 33.8 Å². The number of carbonyl (C=O) groups excluding carboxylic acids is 2.